The Morgan fingerprint density at radius 3 is 2.39 bits per heavy atom. The molecule has 7 N–H and O–H groups in total. The van der Waals surface area contributed by atoms with Gasteiger partial charge in [0.1, 0.15) is 24.4 Å². The summed E-state index contributed by atoms with van der Waals surface area (Å²) in [5.41, 5.74) is -1.32. The number of hydrogen-bond donors (Lipinski definition) is 6. The van der Waals surface area contributed by atoms with Gasteiger partial charge in [0, 0.05) is 36.9 Å². The van der Waals surface area contributed by atoms with Crippen molar-refractivity contribution in [2.45, 2.75) is 116 Å². The number of aromatic nitrogens is 1. The Labute approximate surface area is 262 Å². The van der Waals surface area contributed by atoms with Gasteiger partial charge in [-0.25, -0.2) is 4.98 Å². The van der Waals surface area contributed by atoms with Crippen LogP contribution in [0.1, 0.15) is 73.4 Å². The zero-order valence-corrected chi connectivity index (χ0v) is 27.6. The molecule has 1 aromatic heterocycles. The molecule has 2 heterocycles. The number of hydrogen-bond acceptors (Lipinski definition) is 9. The standard InChI is InChI=1S/C34H55N3O7/c1-8-28-34(7,43)31(40)24(5)37(17-11-16-35-19-26-15-14-25-12-9-10-13-27(25)36-26)20-21(2)18-33(6,42)30(39)22(3)29(38)23(4)32(41)44-28/h9-10,12-15,21-24,28-31,35,38-40,42-43H,8,11,16-20H2,1-7H3/p+1/t21-,22+,23-,24-,28-,29+,30-,31-,33-,34-/m1/s1. The SMILES string of the molecule is CC[C@H]1OC(=O)[C@H](C)[C@@H](O)[C@H](C)[C@@H](O)[C@](C)(O)C[C@@H](C)CN(CCC[NH2+]Cc2ccc3ccccc3n2)[C@H](C)[C@@H](O)[C@]1(C)O. The molecule has 1 saturated heterocycles. The molecular formula is C34H56N3O7+. The largest absolute Gasteiger partial charge is 0.459 e. The number of carbonyl (C=O) groups is 1. The van der Waals surface area contributed by atoms with Crippen LogP contribution in [0.5, 0.6) is 0 Å². The van der Waals surface area contributed by atoms with Crippen LogP contribution in [-0.4, -0.2) is 103 Å². The molecule has 1 aliphatic heterocycles. The summed E-state index contributed by atoms with van der Waals surface area (Å²) < 4.78 is 5.68. The average Bonchev–Trinajstić information content (AvgIpc) is 2.99. The van der Waals surface area contributed by atoms with Gasteiger partial charge in [0.2, 0.25) is 0 Å². The average molecular weight is 619 g/mol. The van der Waals surface area contributed by atoms with E-state index in [-0.39, 0.29) is 18.8 Å². The van der Waals surface area contributed by atoms with Crippen LogP contribution in [0.4, 0.5) is 0 Å². The van der Waals surface area contributed by atoms with Crippen molar-refractivity contribution in [1.29, 1.82) is 0 Å². The van der Waals surface area contributed by atoms with Crippen molar-refractivity contribution in [3.8, 4) is 0 Å². The molecule has 0 saturated carbocycles. The van der Waals surface area contributed by atoms with Crippen molar-refractivity contribution in [3.05, 3.63) is 42.1 Å². The van der Waals surface area contributed by atoms with E-state index in [1.807, 2.05) is 44.2 Å². The van der Waals surface area contributed by atoms with Gasteiger partial charge in [-0.2, -0.15) is 0 Å². The lowest BCUT2D eigenvalue weighted by atomic mass is 9.78. The van der Waals surface area contributed by atoms with Gasteiger partial charge in [0.05, 0.1) is 41.5 Å². The number of nitrogens with two attached hydrogens (primary N) is 1. The molecule has 248 valence electrons. The molecule has 10 atom stereocenters. The molecule has 0 spiro atoms. The minimum atomic E-state index is -1.76. The monoisotopic (exact) mass is 618 g/mol. The number of rotatable bonds is 7. The van der Waals surface area contributed by atoms with E-state index in [0.717, 1.165) is 36.1 Å². The summed E-state index contributed by atoms with van der Waals surface area (Å²) in [5.74, 6) is -2.68. The number of quaternary nitrogens is 1. The number of carbonyl (C=O) groups excluding carboxylic acids is 1. The van der Waals surface area contributed by atoms with Crippen molar-refractivity contribution >= 4 is 16.9 Å². The molecule has 1 fully saturated rings. The summed E-state index contributed by atoms with van der Waals surface area (Å²) in [5, 5.41) is 59.7. The second-order valence-corrected chi connectivity index (χ2v) is 13.6. The smallest absolute Gasteiger partial charge is 0.311 e. The first kappa shape index (κ1) is 36.3. The zero-order valence-electron chi connectivity index (χ0n) is 27.6. The fraction of sp³-hybridized carbons (Fsp3) is 0.706. The molecule has 0 bridgehead atoms. The second-order valence-electron chi connectivity index (χ2n) is 13.6. The van der Waals surface area contributed by atoms with Crippen LogP contribution in [0.25, 0.3) is 10.9 Å². The molecule has 10 nitrogen and oxygen atoms in total. The molecule has 1 aromatic carbocycles. The number of cyclic esters (lactones) is 1. The third-order valence-corrected chi connectivity index (χ3v) is 9.64. The fourth-order valence-corrected chi connectivity index (χ4v) is 6.75. The molecule has 0 radical (unpaired) electrons. The van der Waals surface area contributed by atoms with Crippen molar-refractivity contribution in [1.82, 2.24) is 9.88 Å². The van der Waals surface area contributed by atoms with Gasteiger partial charge < -0.3 is 35.6 Å². The molecule has 3 rings (SSSR count). The van der Waals surface area contributed by atoms with Gasteiger partial charge in [-0.05, 0) is 58.6 Å². The van der Waals surface area contributed by atoms with Crippen LogP contribution in [0.15, 0.2) is 36.4 Å². The van der Waals surface area contributed by atoms with E-state index in [1.54, 1.807) is 20.8 Å². The van der Waals surface area contributed by atoms with E-state index in [0.29, 0.717) is 13.1 Å². The van der Waals surface area contributed by atoms with Crippen LogP contribution in [-0.2, 0) is 16.1 Å². The van der Waals surface area contributed by atoms with Crippen LogP contribution < -0.4 is 5.32 Å². The highest BCUT2D eigenvalue weighted by Gasteiger charge is 2.47. The maximum Gasteiger partial charge on any atom is 0.311 e. The Morgan fingerprint density at radius 2 is 1.70 bits per heavy atom. The molecule has 44 heavy (non-hydrogen) atoms. The highest BCUT2D eigenvalue weighted by Crippen LogP contribution is 2.32. The Balaban J connectivity index is 1.78. The Bertz CT molecular complexity index is 1210. The quantitative estimate of drug-likeness (QED) is 0.200. The first-order valence-corrected chi connectivity index (χ1v) is 16.2. The fourth-order valence-electron chi connectivity index (χ4n) is 6.75. The maximum absolute atomic E-state index is 13.1. The highest BCUT2D eigenvalue weighted by molar-refractivity contribution is 5.78. The van der Waals surface area contributed by atoms with Crippen molar-refractivity contribution in [2.75, 3.05) is 19.6 Å². The Hall–Kier alpha value is -2.18. The van der Waals surface area contributed by atoms with Gasteiger partial charge in [0.25, 0.3) is 0 Å². The predicted octanol–water partition coefficient (Wildman–Crippen LogP) is 1.60. The Kier molecular flexibility index (Phi) is 12.7. The lowest BCUT2D eigenvalue weighted by molar-refractivity contribution is -0.671. The minimum absolute atomic E-state index is 0.100. The molecular weight excluding hydrogens is 562 g/mol. The number of ether oxygens (including phenoxy) is 1. The minimum Gasteiger partial charge on any atom is -0.459 e. The number of fused-ring (bicyclic) bond motifs is 1. The number of para-hydroxylation sites is 1. The van der Waals surface area contributed by atoms with Gasteiger partial charge in [0.15, 0.2) is 0 Å². The van der Waals surface area contributed by atoms with Crippen molar-refractivity contribution in [3.63, 3.8) is 0 Å². The molecule has 1 aliphatic rings. The van der Waals surface area contributed by atoms with Crippen LogP contribution in [0, 0.1) is 17.8 Å². The number of nitrogens with zero attached hydrogens (tertiary/aromatic N) is 2. The number of pyridine rings is 1. The third kappa shape index (κ3) is 8.75. The first-order valence-electron chi connectivity index (χ1n) is 16.2. The van der Waals surface area contributed by atoms with Gasteiger partial charge in [-0.1, -0.05) is 45.0 Å². The first-order chi connectivity index (χ1) is 20.6. The summed E-state index contributed by atoms with van der Waals surface area (Å²) in [4.78, 5) is 19.9. The van der Waals surface area contributed by atoms with Gasteiger partial charge >= 0.3 is 5.97 Å². The topological polar surface area (TPSA) is 160 Å². The van der Waals surface area contributed by atoms with E-state index in [9.17, 15) is 30.3 Å². The number of aliphatic hydroxyl groups is 5. The van der Waals surface area contributed by atoms with Crippen molar-refractivity contribution in [2.24, 2.45) is 17.8 Å². The van der Waals surface area contributed by atoms with Crippen LogP contribution >= 0.6 is 0 Å². The highest BCUT2D eigenvalue weighted by atomic mass is 16.6. The number of aliphatic hydroxyl groups excluding tert-OH is 3. The molecule has 0 unspecified atom stereocenters. The normalized spacial score (nSPS) is 36.9. The second kappa shape index (κ2) is 15.4. The maximum atomic E-state index is 13.1. The van der Waals surface area contributed by atoms with Crippen LogP contribution in [0.3, 0.4) is 0 Å². The van der Waals surface area contributed by atoms with E-state index in [1.165, 1.54) is 13.8 Å². The van der Waals surface area contributed by atoms with Crippen molar-refractivity contribution < 1.29 is 40.4 Å². The molecule has 0 amide bonds. The lowest BCUT2D eigenvalue weighted by Gasteiger charge is -2.43. The van der Waals surface area contributed by atoms with E-state index >= 15 is 0 Å². The summed E-state index contributed by atoms with van der Waals surface area (Å²) in [6.07, 6.45) is -3.56. The summed E-state index contributed by atoms with van der Waals surface area (Å²) in [6.45, 7) is 14.4. The van der Waals surface area contributed by atoms with Gasteiger partial charge in [-0.3, -0.25) is 9.69 Å². The molecule has 0 aliphatic carbocycles. The summed E-state index contributed by atoms with van der Waals surface area (Å²) in [7, 11) is 0. The van der Waals surface area contributed by atoms with Crippen LogP contribution in [0.2, 0.25) is 0 Å². The van der Waals surface area contributed by atoms with E-state index in [2.05, 4.69) is 16.3 Å². The summed E-state index contributed by atoms with van der Waals surface area (Å²) >= 11 is 0. The van der Waals surface area contributed by atoms with E-state index < -0.39 is 59.5 Å². The predicted molar refractivity (Wildman–Crippen MR) is 169 cm³/mol. The Morgan fingerprint density at radius 1 is 1.02 bits per heavy atom. The number of benzene rings is 1. The lowest BCUT2D eigenvalue weighted by Crippen LogP contribution is -2.82. The van der Waals surface area contributed by atoms with E-state index in [4.69, 9.17) is 9.72 Å². The van der Waals surface area contributed by atoms with Gasteiger partial charge in [-0.15, -0.1) is 0 Å². The summed E-state index contributed by atoms with van der Waals surface area (Å²) in [6, 6.07) is 11.7. The molecule has 2 aromatic rings. The molecule has 10 heteroatoms. The third-order valence-electron chi connectivity index (χ3n) is 9.64. The number of esters is 1. The zero-order chi connectivity index (χ0) is 32.8.